The first-order valence-electron chi connectivity index (χ1n) is 11.2. The van der Waals surface area contributed by atoms with Crippen LogP contribution < -0.4 is 19.9 Å². The molecule has 0 aliphatic carbocycles. The van der Waals surface area contributed by atoms with Crippen LogP contribution in [0.2, 0.25) is 0 Å². The van der Waals surface area contributed by atoms with E-state index in [1.165, 1.54) is 10.7 Å². The molecule has 3 aromatic rings. The third kappa shape index (κ3) is 5.00. The van der Waals surface area contributed by atoms with Gasteiger partial charge in [-0.25, -0.2) is 0 Å². The molecule has 0 radical (unpaired) electrons. The van der Waals surface area contributed by atoms with Crippen molar-refractivity contribution in [3.63, 3.8) is 0 Å². The molecule has 2 heterocycles. The molecule has 1 aliphatic rings. The first-order chi connectivity index (χ1) is 16.1. The third-order valence-electron chi connectivity index (χ3n) is 5.47. The van der Waals surface area contributed by atoms with Crippen LogP contribution in [0.25, 0.3) is 5.69 Å². The Balaban J connectivity index is 1.46. The Morgan fingerprint density at radius 1 is 0.879 bits per heavy atom. The van der Waals surface area contributed by atoms with Gasteiger partial charge in [0.15, 0.2) is 11.5 Å². The molecule has 8 heteroatoms. The highest BCUT2D eigenvalue weighted by Crippen LogP contribution is 2.29. The van der Waals surface area contributed by atoms with Crippen LogP contribution >= 0.6 is 0 Å². The van der Waals surface area contributed by atoms with Crippen LogP contribution in [0.3, 0.4) is 0 Å². The number of hydrogen-bond donors (Lipinski definition) is 0. The minimum absolute atomic E-state index is 0.0409. The highest BCUT2D eigenvalue weighted by Gasteiger charge is 2.24. The van der Waals surface area contributed by atoms with Crippen molar-refractivity contribution in [2.45, 2.75) is 13.8 Å². The molecule has 0 bridgehead atoms. The van der Waals surface area contributed by atoms with Crippen molar-refractivity contribution in [3.8, 4) is 17.2 Å². The SMILES string of the molecule is CCOc1ccc(C(=O)N2CCN(c3ccc(=O)n(-c4ccccc4)n3)CC2)cc1OCC. The second kappa shape index (κ2) is 10.2. The fourth-order valence-corrected chi connectivity index (χ4v) is 3.83. The monoisotopic (exact) mass is 448 g/mol. The largest absolute Gasteiger partial charge is 0.490 e. The van der Waals surface area contributed by atoms with Crippen molar-refractivity contribution in [1.29, 1.82) is 0 Å². The first-order valence-corrected chi connectivity index (χ1v) is 11.2. The first kappa shape index (κ1) is 22.4. The van der Waals surface area contributed by atoms with Gasteiger partial charge in [-0.15, -0.1) is 5.10 Å². The number of para-hydroxylation sites is 1. The quantitative estimate of drug-likeness (QED) is 0.553. The van der Waals surface area contributed by atoms with Crippen LogP contribution in [-0.2, 0) is 0 Å². The highest BCUT2D eigenvalue weighted by atomic mass is 16.5. The van der Waals surface area contributed by atoms with E-state index in [1.54, 1.807) is 24.3 Å². The van der Waals surface area contributed by atoms with Gasteiger partial charge in [-0.2, -0.15) is 4.68 Å². The maximum absolute atomic E-state index is 13.1. The average molecular weight is 449 g/mol. The fourth-order valence-electron chi connectivity index (χ4n) is 3.83. The standard InChI is InChI=1S/C25H28N4O4/c1-3-32-21-11-10-19(18-22(21)33-4-2)25(31)28-16-14-27(15-17-28)23-12-13-24(30)29(26-23)20-8-6-5-7-9-20/h5-13,18H,3-4,14-17H2,1-2H3. The van der Waals surface area contributed by atoms with Gasteiger partial charge in [-0.1, -0.05) is 18.2 Å². The summed E-state index contributed by atoms with van der Waals surface area (Å²) in [4.78, 5) is 29.3. The summed E-state index contributed by atoms with van der Waals surface area (Å²) in [6.07, 6.45) is 0. The predicted molar refractivity (Wildman–Crippen MR) is 127 cm³/mol. The topological polar surface area (TPSA) is 76.9 Å². The van der Waals surface area contributed by atoms with E-state index in [0.717, 1.165) is 5.69 Å². The number of amides is 1. The van der Waals surface area contributed by atoms with Gasteiger partial charge >= 0.3 is 0 Å². The van der Waals surface area contributed by atoms with Crippen LogP contribution in [0.15, 0.2) is 65.5 Å². The number of carbonyl (C=O) groups excluding carboxylic acids is 1. The smallest absolute Gasteiger partial charge is 0.271 e. The molecule has 0 atom stereocenters. The van der Waals surface area contributed by atoms with Gasteiger partial charge in [-0.05, 0) is 50.2 Å². The second-order valence-electron chi connectivity index (χ2n) is 7.58. The summed E-state index contributed by atoms with van der Waals surface area (Å²) < 4.78 is 12.7. The molecular weight excluding hydrogens is 420 g/mol. The van der Waals surface area contributed by atoms with E-state index in [4.69, 9.17) is 9.47 Å². The Bertz CT molecular complexity index is 1150. The lowest BCUT2D eigenvalue weighted by Crippen LogP contribution is -2.49. The number of nitrogens with zero attached hydrogens (tertiary/aromatic N) is 4. The molecule has 2 aromatic carbocycles. The Morgan fingerprint density at radius 2 is 1.58 bits per heavy atom. The lowest BCUT2D eigenvalue weighted by molar-refractivity contribution is 0.0746. The van der Waals surface area contributed by atoms with Crippen LogP contribution in [-0.4, -0.2) is 60.0 Å². The summed E-state index contributed by atoms with van der Waals surface area (Å²) >= 11 is 0. The molecule has 0 spiro atoms. The lowest BCUT2D eigenvalue weighted by atomic mass is 10.1. The average Bonchev–Trinajstić information content (AvgIpc) is 2.86. The van der Waals surface area contributed by atoms with E-state index in [-0.39, 0.29) is 11.5 Å². The third-order valence-corrected chi connectivity index (χ3v) is 5.47. The summed E-state index contributed by atoms with van der Waals surface area (Å²) in [5.74, 6) is 1.89. The summed E-state index contributed by atoms with van der Waals surface area (Å²) in [6, 6.07) is 17.9. The van der Waals surface area contributed by atoms with E-state index in [1.807, 2.05) is 49.1 Å². The summed E-state index contributed by atoms with van der Waals surface area (Å²) in [5, 5.41) is 4.55. The molecule has 1 amide bonds. The van der Waals surface area contributed by atoms with Crippen LogP contribution in [0.4, 0.5) is 5.82 Å². The Labute approximate surface area is 193 Å². The number of aromatic nitrogens is 2. The molecule has 1 aliphatic heterocycles. The normalized spacial score (nSPS) is 13.6. The van der Waals surface area contributed by atoms with Crippen LogP contribution in [0.5, 0.6) is 11.5 Å². The number of benzene rings is 2. The van der Waals surface area contributed by atoms with E-state index >= 15 is 0 Å². The number of piperazine rings is 1. The van der Waals surface area contributed by atoms with E-state index < -0.39 is 0 Å². The van der Waals surface area contributed by atoms with Gasteiger partial charge in [0, 0.05) is 37.8 Å². The van der Waals surface area contributed by atoms with Crippen molar-refractivity contribution in [2.75, 3.05) is 44.3 Å². The van der Waals surface area contributed by atoms with Crippen LogP contribution in [0.1, 0.15) is 24.2 Å². The maximum atomic E-state index is 13.1. The maximum Gasteiger partial charge on any atom is 0.271 e. The lowest BCUT2D eigenvalue weighted by Gasteiger charge is -2.35. The van der Waals surface area contributed by atoms with E-state index in [2.05, 4.69) is 10.00 Å². The van der Waals surface area contributed by atoms with Crippen molar-refractivity contribution in [2.24, 2.45) is 0 Å². The minimum atomic E-state index is -0.181. The fraction of sp³-hybridized carbons (Fsp3) is 0.320. The second-order valence-corrected chi connectivity index (χ2v) is 7.58. The number of anilines is 1. The van der Waals surface area contributed by atoms with Gasteiger partial charge in [0.25, 0.3) is 11.5 Å². The van der Waals surface area contributed by atoms with Crippen molar-refractivity contribution < 1.29 is 14.3 Å². The van der Waals surface area contributed by atoms with Gasteiger partial charge in [-0.3, -0.25) is 9.59 Å². The molecule has 8 nitrogen and oxygen atoms in total. The Morgan fingerprint density at radius 3 is 2.27 bits per heavy atom. The number of rotatable bonds is 7. The summed E-state index contributed by atoms with van der Waals surface area (Å²) in [5.41, 5.74) is 1.12. The Hall–Kier alpha value is -3.81. The van der Waals surface area contributed by atoms with Gasteiger partial charge in [0.05, 0.1) is 18.9 Å². The summed E-state index contributed by atoms with van der Waals surface area (Å²) in [7, 11) is 0. The molecule has 1 fully saturated rings. The number of carbonyl (C=O) groups is 1. The van der Waals surface area contributed by atoms with Crippen molar-refractivity contribution in [1.82, 2.24) is 14.7 Å². The Kier molecular flexibility index (Phi) is 6.92. The highest BCUT2D eigenvalue weighted by molar-refractivity contribution is 5.95. The van der Waals surface area contributed by atoms with Crippen LogP contribution in [0, 0.1) is 0 Å². The van der Waals surface area contributed by atoms with Crippen molar-refractivity contribution >= 4 is 11.7 Å². The molecule has 33 heavy (non-hydrogen) atoms. The molecule has 172 valence electrons. The molecule has 4 rings (SSSR count). The molecule has 1 saturated heterocycles. The zero-order chi connectivity index (χ0) is 23.2. The van der Waals surface area contributed by atoms with Crippen molar-refractivity contribution in [3.05, 3.63) is 76.6 Å². The van der Waals surface area contributed by atoms with Gasteiger partial charge < -0.3 is 19.3 Å². The number of hydrogen-bond acceptors (Lipinski definition) is 6. The molecule has 0 saturated carbocycles. The van der Waals surface area contributed by atoms with Gasteiger partial charge in [0.1, 0.15) is 5.82 Å². The van der Waals surface area contributed by atoms with E-state index in [9.17, 15) is 9.59 Å². The molecule has 0 N–H and O–H groups in total. The zero-order valence-corrected chi connectivity index (χ0v) is 18.9. The molecule has 0 unspecified atom stereocenters. The predicted octanol–water partition coefficient (Wildman–Crippen LogP) is 2.99. The van der Waals surface area contributed by atoms with Gasteiger partial charge in [0.2, 0.25) is 0 Å². The summed E-state index contributed by atoms with van der Waals surface area (Å²) in [6.45, 7) is 7.20. The minimum Gasteiger partial charge on any atom is -0.490 e. The zero-order valence-electron chi connectivity index (χ0n) is 18.9. The van der Waals surface area contributed by atoms with E-state index in [0.29, 0.717) is 62.3 Å². The number of ether oxygens (including phenoxy) is 2. The molecule has 1 aromatic heterocycles. The molecular formula is C25H28N4O4.